The van der Waals surface area contributed by atoms with Gasteiger partial charge in [0.1, 0.15) is 12.9 Å². The van der Waals surface area contributed by atoms with Crippen LogP contribution in [0.25, 0.3) is 27.2 Å². The highest BCUT2D eigenvalue weighted by Crippen LogP contribution is 2.46. The van der Waals surface area contributed by atoms with E-state index in [9.17, 15) is 4.39 Å². The lowest BCUT2D eigenvalue weighted by Crippen LogP contribution is -2.30. The topological polar surface area (TPSA) is 8.24 Å². The van der Waals surface area contributed by atoms with Crippen molar-refractivity contribution in [2.24, 2.45) is 7.05 Å². The van der Waals surface area contributed by atoms with Gasteiger partial charge in [-0.2, -0.15) is 0 Å². The molecule has 0 spiro atoms. The Kier molecular flexibility index (Phi) is 3.21. The smallest absolute Gasteiger partial charge is 0.226 e. The first kappa shape index (κ1) is 14.6. The lowest BCUT2D eigenvalue weighted by molar-refractivity contribution is -0.660. The van der Waals surface area contributed by atoms with Crippen LogP contribution in [0.15, 0.2) is 48.7 Å². The zero-order valence-corrected chi connectivity index (χ0v) is 13.6. The summed E-state index contributed by atoms with van der Waals surface area (Å²) < 4.78 is 16.1. The van der Waals surface area contributed by atoms with Gasteiger partial charge in [0.15, 0.2) is 6.20 Å². The van der Waals surface area contributed by atoms with Gasteiger partial charge in [0.2, 0.25) is 11.4 Å². The summed E-state index contributed by atoms with van der Waals surface area (Å²) >= 11 is 0. The molecule has 1 heterocycles. The number of nitrogens with zero attached hydrogens (tertiary/aromatic N) is 2. The molecule has 2 nitrogen and oxygen atoms in total. The summed E-state index contributed by atoms with van der Waals surface area (Å²) in [5.41, 5.74) is 7.75. The molecular weight excluding hydrogens is 299 g/mol. The van der Waals surface area contributed by atoms with Crippen molar-refractivity contribution in [2.75, 3.05) is 0 Å². The first-order valence-electron chi connectivity index (χ1n) is 7.88. The van der Waals surface area contributed by atoms with E-state index in [1.54, 1.807) is 6.07 Å². The van der Waals surface area contributed by atoms with Crippen LogP contribution in [0.2, 0.25) is 0 Å². The maximum absolute atomic E-state index is 14.0. The Morgan fingerprint density at radius 3 is 2.54 bits per heavy atom. The summed E-state index contributed by atoms with van der Waals surface area (Å²) in [6, 6.07) is 13.5. The van der Waals surface area contributed by atoms with Crippen molar-refractivity contribution in [1.82, 2.24) is 0 Å². The molecule has 24 heavy (non-hydrogen) atoms. The van der Waals surface area contributed by atoms with Crippen molar-refractivity contribution in [3.63, 3.8) is 0 Å². The molecule has 1 aliphatic carbocycles. The molecule has 0 N–H and O–H groups in total. The second-order valence-corrected chi connectivity index (χ2v) is 6.19. The summed E-state index contributed by atoms with van der Waals surface area (Å²) in [6.07, 6.45) is 2.63. The second-order valence-electron chi connectivity index (χ2n) is 6.19. The number of rotatable bonds is 1. The predicted octanol–water partition coefficient (Wildman–Crippen LogP) is 4.75. The van der Waals surface area contributed by atoms with Crippen molar-refractivity contribution >= 4 is 5.69 Å². The van der Waals surface area contributed by atoms with E-state index < -0.39 is 5.82 Å². The fourth-order valence-electron chi connectivity index (χ4n) is 3.68. The minimum Gasteiger partial charge on any atom is -0.235 e. The fraction of sp³-hybridized carbons (Fsp3) is 0.143. The van der Waals surface area contributed by atoms with E-state index in [2.05, 4.69) is 34.5 Å². The molecule has 0 unspecified atom stereocenters. The standard InChI is InChI=1S/C21H16FN2/c1-13-7-8-14-15-9-10-18(22)21(23-2)17(15)12-16(14)20(13)19-6-4-5-11-24(19)3/h4-11H,12H2,1,3H3/q+1. The minimum absolute atomic E-state index is 0.157. The van der Waals surface area contributed by atoms with Crippen molar-refractivity contribution in [1.29, 1.82) is 0 Å². The summed E-state index contributed by atoms with van der Waals surface area (Å²) in [7, 11) is 2.03. The number of benzene rings is 2. The van der Waals surface area contributed by atoms with Gasteiger partial charge in [-0.15, -0.1) is 0 Å². The molecule has 3 aromatic rings. The van der Waals surface area contributed by atoms with Gasteiger partial charge in [0.05, 0.1) is 12.1 Å². The van der Waals surface area contributed by atoms with E-state index in [1.165, 1.54) is 22.8 Å². The molecule has 4 rings (SSSR count). The maximum Gasteiger partial charge on any atom is 0.226 e. The lowest BCUT2D eigenvalue weighted by Gasteiger charge is -2.10. The number of hydrogen-bond acceptors (Lipinski definition) is 0. The monoisotopic (exact) mass is 315 g/mol. The highest BCUT2D eigenvalue weighted by Gasteiger charge is 2.28. The third kappa shape index (κ3) is 1.97. The van der Waals surface area contributed by atoms with Crippen LogP contribution in [0, 0.1) is 19.3 Å². The first-order valence-corrected chi connectivity index (χ1v) is 7.88. The fourth-order valence-corrected chi connectivity index (χ4v) is 3.68. The van der Waals surface area contributed by atoms with E-state index in [-0.39, 0.29) is 5.69 Å². The largest absolute Gasteiger partial charge is 0.235 e. The van der Waals surface area contributed by atoms with E-state index in [0.29, 0.717) is 6.42 Å². The van der Waals surface area contributed by atoms with Crippen LogP contribution in [0.4, 0.5) is 10.1 Å². The Balaban J connectivity index is 2.02. The van der Waals surface area contributed by atoms with E-state index >= 15 is 0 Å². The zero-order chi connectivity index (χ0) is 16.8. The number of hydrogen-bond donors (Lipinski definition) is 0. The van der Waals surface area contributed by atoms with Gasteiger partial charge in [-0.1, -0.05) is 18.2 Å². The Morgan fingerprint density at radius 1 is 1.04 bits per heavy atom. The normalized spacial score (nSPS) is 11.8. The van der Waals surface area contributed by atoms with Gasteiger partial charge in [-0.3, -0.25) is 0 Å². The highest BCUT2D eigenvalue weighted by atomic mass is 19.1. The van der Waals surface area contributed by atoms with Crippen LogP contribution in [-0.2, 0) is 13.5 Å². The molecule has 0 radical (unpaired) electrons. The molecule has 0 fully saturated rings. The van der Waals surface area contributed by atoms with Gasteiger partial charge in [0, 0.05) is 12.1 Å². The van der Waals surface area contributed by atoms with Crippen molar-refractivity contribution < 1.29 is 8.96 Å². The molecule has 1 aliphatic rings. The van der Waals surface area contributed by atoms with E-state index in [4.69, 9.17) is 6.57 Å². The Hall–Kier alpha value is -2.99. The van der Waals surface area contributed by atoms with E-state index in [0.717, 1.165) is 22.4 Å². The van der Waals surface area contributed by atoms with Gasteiger partial charge in [0.25, 0.3) is 0 Å². The van der Waals surface area contributed by atoms with Gasteiger partial charge >= 0.3 is 0 Å². The number of aryl methyl sites for hydroxylation is 2. The average molecular weight is 315 g/mol. The predicted molar refractivity (Wildman–Crippen MR) is 92.3 cm³/mol. The van der Waals surface area contributed by atoms with Crippen LogP contribution in [0.1, 0.15) is 16.7 Å². The molecule has 0 saturated heterocycles. The van der Waals surface area contributed by atoms with Gasteiger partial charge < -0.3 is 0 Å². The molecule has 2 aromatic carbocycles. The van der Waals surface area contributed by atoms with Crippen molar-refractivity contribution in [3.05, 3.63) is 82.6 Å². The number of fused-ring (bicyclic) bond motifs is 3. The average Bonchev–Trinajstić information content (AvgIpc) is 2.94. The molecule has 0 atom stereocenters. The van der Waals surface area contributed by atoms with Crippen LogP contribution in [0.3, 0.4) is 0 Å². The van der Waals surface area contributed by atoms with Crippen LogP contribution >= 0.6 is 0 Å². The highest BCUT2D eigenvalue weighted by molar-refractivity contribution is 5.88. The third-order valence-corrected chi connectivity index (χ3v) is 4.82. The Bertz CT molecular complexity index is 1030. The van der Waals surface area contributed by atoms with Crippen molar-refractivity contribution in [3.8, 4) is 22.4 Å². The molecule has 0 saturated carbocycles. The quantitative estimate of drug-likeness (QED) is 0.354. The SMILES string of the molecule is [C-]#[N+]c1c(F)ccc2c1Cc1c-2ccc(C)c1-c1cccc[n+]1C. The lowest BCUT2D eigenvalue weighted by atomic mass is 9.94. The van der Waals surface area contributed by atoms with E-state index in [1.807, 2.05) is 25.4 Å². The molecular formula is C21H16FN2+. The molecule has 1 aromatic heterocycles. The summed E-state index contributed by atoms with van der Waals surface area (Å²) in [5.74, 6) is -0.430. The van der Waals surface area contributed by atoms with Crippen LogP contribution < -0.4 is 4.57 Å². The molecule has 3 heteroatoms. The second kappa shape index (κ2) is 5.28. The number of aromatic nitrogens is 1. The summed E-state index contributed by atoms with van der Waals surface area (Å²) in [5, 5.41) is 0. The summed E-state index contributed by atoms with van der Waals surface area (Å²) in [4.78, 5) is 3.44. The molecule has 0 amide bonds. The molecule has 0 aliphatic heterocycles. The van der Waals surface area contributed by atoms with Gasteiger partial charge in [-0.25, -0.2) is 13.8 Å². The van der Waals surface area contributed by atoms with Crippen molar-refractivity contribution in [2.45, 2.75) is 13.3 Å². The third-order valence-electron chi connectivity index (χ3n) is 4.82. The first-order chi connectivity index (χ1) is 11.6. The Morgan fingerprint density at radius 2 is 1.79 bits per heavy atom. The number of pyridine rings is 1. The maximum atomic E-state index is 14.0. The minimum atomic E-state index is -0.430. The summed E-state index contributed by atoms with van der Waals surface area (Å²) in [6.45, 7) is 9.43. The Labute approximate surface area is 140 Å². The number of halogens is 1. The zero-order valence-electron chi connectivity index (χ0n) is 13.6. The molecule has 116 valence electrons. The van der Waals surface area contributed by atoms with Crippen LogP contribution in [-0.4, -0.2) is 0 Å². The van der Waals surface area contributed by atoms with Crippen LogP contribution in [0.5, 0.6) is 0 Å². The van der Waals surface area contributed by atoms with Gasteiger partial charge in [-0.05, 0) is 53.3 Å². The molecule has 0 bridgehead atoms.